The van der Waals surface area contributed by atoms with Gasteiger partial charge in [0, 0.05) is 17.6 Å². The lowest BCUT2D eigenvalue weighted by atomic mass is 10.1. The summed E-state index contributed by atoms with van der Waals surface area (Å²) in [7, 11) is 1.86. The minimum absolute atomic E-state index is 0.128. The summed E-state index contributed by atoms with van der Waals surface area (Å²) < 4.78 is 3.54. The molecule has 0 radical (unpaired) electrons. The molecule has 0 fully saturated rings. The third kappa shape index (κ3) is 2.80. The summed E-state index contributed by atoms with van der Waals surface area (Å²) >= 11 is 6.91. The van der Waals surface area contributed by atoms with Crippen LogP contribution < -0.4 is 5.32 Å². The highest BCUT2D eigenvalue weighted by molar-refractivity contribution is 9.10. The van der Waals surface area contributed by atoms with E-state index in [4.69, 9.17) is 0 Å². The summed E-state index contributed by atoms with van der Waals surface area (Å²) in [4.78, 5) is 8.62. The van der Waals surface area contributed by atoms with E-state index >= 15 is 0 Å². The summed E-state index contributed by atoms with van der Waals surface area (Å²) in [5, 5.41) is 8.64. The fraction of sp³-hybridized carbons (Fsp3) is 0.214. The van der Waals surface area contributed by atoms with Gasteiger partial charge in [0.05, 0.1) is 5.39 Å². The molecule has 0 bridgehead atoms. The second-order valence-electron chi connectivity index (χ2n) is 4.75. The fourth-order valence-corrected chi connectivity index (χ4v) is 3.06. The normalized spacial score (nSPS) is 12.6. The molecule has 3 rings (SSSR count). The van der Waals surface area contributed by atoms with Crippen LogP contribution in [0.4, 0.5) is 5.82 Å². The van der Waals surface area contributed by atoms with Crippen LogP contribution in [0.1, 0.15) is 18.5 Å². The van der Waals surface area contributed by atoms with Gasteiger partial charge in [-0.05, 0) is 40.5 Å². The first-order valence-electron chi connectivity index (χ1n) is 6.41. The van der Waals surface area contributed by atoms with Gasteiger partial charge in [-0.3, -0.25) is 0 Å². The average Bonchev–Trinajstić information content (AvgIpc) is 2.76. The van der Waals surface area contributed by atoms with Crippen LogP contribution in [0, 0.1) is 0 Å². The molecular weight excluding hydrogens is 398 g/mol. The smallest absolute Gasteiger partial charge is 0.164 e. The van der Waals surface area contributed by atoms with Gasteiger partial charge in [0.25, 0.3) is 0 Å². The Morgan fingerprint density at radius 1 is 1.14 bits per heavy atom. The lowest BCUT2D eigenvalue weighted by molar-refractivity contribution is 0.777. The number of benzene rings is 1. The number of rotatable bonds is 3. The number of hydrogen-bond acceptors (Lipinski definition) is 4. The topological polar surface area (TPSA) is 55.6 Å². The quantitative estimate of drug-likeness (QED) is 0.707. The van der Waals surface area contributed by atoms with Crippen LogP contribution in [0.25, 0.3) is 11.0 Å². The van der Waals surface area contributed by atoms with Gasteiger partial charge in [-0.2, -0.15) is 5.10 Å². The Bertz CT molecular complexity index is 782. The van der Waals surface area contributed by atoms with Crippen LogP contribution in [0.15, 0.2) is 39.7 Å². The Labute approximate surface area is 139 Å². The van der Waals surface area contributed by atoms with Crippen molar-refractivity contribution in [1.82, 2.24) is 19.7 Å². The summed E-state index contributed by atoms with van der Waals surface area (Å²) in [5.41, 5.74) is 1.98. The van der Waals surface area contributed by atoms with Crippen molar-refractivity contribution in [2.24, 2.45) is 7.05 Å². The molecule has 0 saturated heterocycles. The second-order valence-corrected chi connectivity index (χ2v) is 6.42. The molecule has 108 valence electrons. The number of nitrogens with zero attached hydrogens (tertiary/aromatic N) is 4. The van der Waals surface area contributed by atoms with Gasteiger partial charge in [0.15, 0.2) is 5.65 Å². The van der Waals surface area contributed by atoms with Crippen molar-refractivity contribution in [2.45, 2.75) is 13.0 Å². The molecule has 1 aromatic carbocycles. The summed E-state index contributed by atoms with van der Waals surface area (Å²) in [6.45, 7) is 2.10. The zero-order valence-electron chi connectivity index (χ0n) is 11.5. The Kier molecular flexibility index (Phi) is 3.95. The number of aromatic nitrogens is 4. The lowest BCUT2D eigenvalue weighted by Crippen LogP contribution is -2.08. The highest BCUT2D eigenvalue weighted by Crippen LogP contribution is 2.29. The van der Waals surface area contributed by atoms with Crippen LogP contribution in [-0.4, -0.2) is 19.7 Å². The van der Waals surface area contributed by atoms with E-state index in [-0.39, 0.29) is 6.04 Å². The predicted octanol–water partition coefficient (Wildman–Crippen LogP) is 4.06. The Hall–Kier alpha value is -1.47. The predicted molar refractivity (Wildman–Crippen MR) is 90.2 cm³/mol. The van der Waals surface area contributed by atoms with Crippen molar-refractivity contribution in [3.63, 3.8) is 0 Å². The fourth-order valence-electron chi connectivity index (χ4n) is 2.19. The van der Waals surface area contributed by atoms with Crippen molar-refractivity contribution >= 4 is 48.7 Å². The van der Waals surface area contributed by atoms with E-state index < -0.39 is 0 Å². The zero-order chi connectivity index (χ0) is 15.0. The van der Waals surface area contributed by atoms with E-state index in [0.29, 0.717) is 0 Å². The number of aryl methyl sites for hydroxylation is 1. The summed E-state index contributed by atoms with van der Waals surface area (Å²) in [5.74, 6) is 0.774. The van der Waals surface area contributed by atoms with E-state index in [9.17, 15) is 0 Å². The summed E-state index contributed by atoms with van der Waals surface area (Å²) in [6, 6.07) is 8.35. The molecule has 2 aromatic heterocycles. The zero-order valence-corrected chi connectivity index (χ0v) is 14.7. The molecule has 1 atom stereocenters. The molecule has 5 nitrogen and oxygen atoms in total. The maximum Gasteiger partial charge on any atom is 0.164 e. The van der Waals surface area contributed by atoms with E-state index in [2.05, 4.69) is 71.3 Å². The Morgan fingerprint density at radius 2 is 1.86 bits per heavy atom. The number of hydrogen-bond donors (Lipinski definition) is 1. The maximum absolute atomic E-state index is 4.35. The van der Waals surface area contributed by atoms with Crippen molar-refractivity contribution in [3.05, 3.63) is 45.2 Å². The molecule has 3 aromatic rings. The standard InChI is InChI=1S/C14H13Br2N5/c1-8(9-3-5-10(15)6-4-9)19-13-11-12(16)20-21(2)14(11)18-7-17-13/h3-8H,1-2H3,(H,17,18,19). The van der Waals surface area contributed by atoms with E-state index in [0.717, 1.165) is 25.9 Å². The highest BCUT2D eigenvalue weighted by atomic mass is 79.9. The van der Waals surface area contributed by atoms with Gasteiger partial charge in [-0.1, -0.05) is 28.1 Å². The minimum atomic E-state index is 0.128. The number of anilines is 1. The number of halogens is 2. The van der Waals surface area contributed by atoms with Crippen molar-refractivity contribution in [2.75, 3.05) is 5.32 Å². The molecule has 21 heavy (non-hydrogen) atoms. The molecule has 0 amide bonds. The van der Waals surface area contributed by atoms with E-state index in [1.807, 2.05) is 19.2 Å². The van der Waals surface area contributed by atoms with Gasteiger partial charge in [-0.25, -0.2) is 14.6 Å². The van der Waals surface area contributed by atoms with Gasteiger partial charge >= 0.3 is 0 Å². The molecule has 2 heterocycles. The van der Waals surface area contributed by atoms with Crippen molar-refractivity contribution < 1.29 is 0 Å². The minimum Gasteiger partial charge on any atom is -0.363 e. The van der Waals surface area contributed by atoms with Gasteiger partial charge < -0.3 is 5.32 Å². The van der Waals surface area contributed by atoms with E-state index in [1.165, 1.54) is 5.56 Å². The van der Waals surface area contributed by atoms with E-state index in [1.54, 1.807) is 11.0 Å². The van der Waals surface area contributed by atoms with Crippen LogP contribution in [0.5, 0.6) is 0 Å². The first-order chi connectivity index (χ1) is 10.1. The maximum atomic E-state index is 4.35. The van der Waals surface area contributed by atoms with Gasteiger partial charge in [0.2, 0.25) is 0 Å². The van der Waals surface area contributed by atoms with Crippen molar-refractivity contribution in [3.8, 4) is 0 Å². The first-order valence-corrected chi connectivity index (χ1v) is 8.00. The molecule has 7 heteroatoms. The van der Waals surface area contributed by atoms with Crippen LogP contribution in [0.2, 0.25) is 0 Å². The molecule has 0 aliphatic heterocycles. The molecule has 0 spiro atoms. The molecule has 0 aliphatic rings. The molecule has 0 saturated carbocycles. The summed E-state index contributed by atoms with van der Waals surface area (Å²) in [6.07, 6.45) is 1.55. The van der Waals surface area contributed by atoms with Gasteiger partial charge in [0.1, 0.15) is 16.7 Å². The third-order valence-corrected chi connectivity index (χ3v) is 4.38. The molecule has 1 unspecified atom stereocenters. The first kappa shape index (κ1) is 14.5. The Morgan fingerprint density at radius 3 is 2.57 bits per heavy atom. The van der Waals surface area contributed by atoms with Gasteiger partial charge in [-0.15, -0.1) is 0 Å². The number of fused-ring (bicyclic) bond motifs is 1. The van der Waals surface area contributed by atoms with Crippen LogP contribution >= 0.6 is 31.9 Å². The van der Waals surface area contributed by atoms with Crippen LogP contribution in [-0.2, 0) is 7.05 Å². The largest absolute Gasteiger partial charge is 0.363 e. The molecular formula is C14H13Br2N5. The Balaban J connectivity index is 1.96. The van der Waals surface area contributed by atoms with Crippen molar-refractivity contribution in [1.29, 1.82) is 0 Å². The second kappa shape index (κ2) is 5.73. The number of nitrogens with one attached hydrogen (secondary N) is 1. The lowest BCUT2D eigenvalue weighted by Gasteiger charge is -2.15. The SMILES string of the molecule is CC(Nc1ncnc2c1c(Br)nn2C)c1ccc(Br)cc1. The molecule has 1 N–H and O–H groups in total. The average molecular weight is 411 g/mol. The highest BCUT2D eigenvalue weighted by Gasteiger charge is 2.15. The monoisotopic (exact) mass is 409 g/mol. The third-order valence-electron chi connectivity index (χ3n) is 3.30. The molecule has 0 aliphatic carbocycles. The van der Waals surface area contributed by atoms with Crippen LogP contribution in [0.3, 0.4) is 0 Å².